The van der Waals surface area contributed by atoms with E-state index in [1.54, 1.807) is 11.8 Å². The Morgan fingerprint density at radius 2 is 1.91 bits per heavy atom. The van der Waals surface area contributed by atoms with Gasteiger partial charge in [0.25, 0.3) is 0 Å². The number of halogens is 4. The number of nitrogens with two attached hydrogens (primary N) is 1. The van der Waals surface area contributed by atoms with Gasteiger partial charge < -0.3 is 20.7 Å². The van der Waals surface area contributed by atoms with Gasteiger partial charge >= 0.3 is 6.18 Å². The molecule has 1 aromatic heterocycles. The van der Waals surface area contributed by atoms with E-state index in [9.17, 15) is 18.0 Å². The number of nitrogens with one attached hydrogen (secondary N) is 1. The standard InChI is InChI=1S/C23H25ClF3N5O2/c1-11(12-4-14(23(25,26)27)8-15(28)5-12)29-20-18-9-32(10-19(18)30-22(24)31-20)21(33)13-6-16-2-3-17(7-13)34-16/h4-5,8,11,13,16-17H,2-3,6-7,9-10,28H2,1H3,(H,29,30,31)/t11-,13?,16?,17?/m1/s1. The molecule has 1 aromatic carbocycles. The van der Waals surface area contributed by atoms with Gasteiger partial charge in [-0.05, 0) is 68.0 Å². The largest absolute Gasteiger partial charge is 0.416 e. The van der Waals surface area contributed by atoms with Gasteiger partial charge in [-0.3, -0.25) is 4.79 Å². The van der Waals surface area contributed by atoms with E-state index in [4.69, 9.17) is 22.1 Å². The van der Waals surface area contributed by atoms with Crippen LogP contribution in [-0.4, -0.2) is 33.0 Å². The summed E-state index contributed by atoms with van der Waals surface area (Å²) >= 11 is 6.14. The lowest BCUT2D eigenvalue weighted by Crippen LogP contribution is -2.38. The second-order valence-electron chi connectivity index (χ2n) is 9.34. The van der Waals surface area contributed by atoms with Crippen molar-refractivity contribution in [1.82, 2.24) is 14.9 Å². The van der Waals surface area contributed by atoms with Crippen molar-refractivity contribution in [3.8, 4) is 0 Å². The van der Waals surface area contributed by atoms with Crippen LogP contribution < -0.4 is 11.1 Å². The van der Waals surface area contributed by atoms with Gasteiger partial charge in [0, 0.05) is 17.2 Å². The summed E-state index contributed by atoms with van der Waals surface area (Å²) in [6.07, 6.45) is -0.728. The molecule has 2 fully saturated rings. The van der Waals surface area contributed by atoms with Gasteiger partial charge in [-0.15, -0.1) is 0 Å². The fourth-order valence-corrected chi connectivity index (χ4v) is 5.38. The number of fused-ring (bicyclic) bond motifs is 3. The van der Waals surface area contributed by atoms with E-state index in [-0.39, 0.29) is 35.0 Å². The molecular weight excluding hydrogens is 471 g/mol. The first-order valence-corrected chi connectivity index (χ1v) is 11.7. The zero-order valence-electron chi connectivity index (χ0n) is 18.5. The van der Waals surface area contributed by atoms with Crippen LogP contribution in [0.15, 0.2) is 18.2 Å². The van der Waals surface area contributed by atoms with Crippen LogP contribution in [0.4, 0.5) is 24.7 Å². The summed E-state index contributed by atoms with van der Waals surface area (Å²) in [5, 5.41) is 3.16. The summed E-state index contributed by atoms with van der Waals surface area (Å²) in [5.41, 5.74) is 6.65. The van der Waals surface area contributed by atoms with Crippen LogP contribution in [-0.2, 0) is 28.8 Å². The van der Waals surface area contributed by atoms with Crippen LogP contribution in [0.3, 0.4) is 0 Å². The average molecular weight is 496 g/mol. The highest BCUT2D eigenvalue weighted by atomic mass is 35.5. The zero-order valence-corrected chi connectivity index (χ0v) is 19.3. The second kappa shape index (κ2) is 8.57. The van der Waals surface area contributed by atoms with Gasteiger partial charge in [-0.25, -0.2) is 9.97 Å². The molecule has 3 atom stereocenters. The number of anilines is 2. The van der Waals surface area contributed by atoms with Crippen LogP contribution in [0, 0.1) is 5.92 Å². The number of aromatic nitrogens is 2. The Morgan fingerprint density at radius 1 is 1.21 bits per heavy atom. The molecule has 34 heavy (non-hydrogen) atoms. The smallest absolute Gasteiger partial charge is 0.399 e. The minimum atomic E-state index is -4.51. The molecule has 3 N–H and O–H groups in total. The van der Waals surface area contributed by atoms with Crippen molar-refractivity contribution in [2.24, 2.45) is 5.92 Å². The van der Waals surface area contributed by atoms with Gasteiger partial charge in [0.05, 0.1) is 42.6 Å². The Hall–Kier alpha value is -2.59. The monoisotopic (exact) mass is 495 g/mol. The molecule has 0 aliphatic carbocycles. The number of benzene rings is 1. The zero-order chi connectivity index (χ0) is 24.2. The van der Waals surface area contributed by atoms with Crippen molar-refractivity contribution in [3.05, 3.63) is 45.9 Å². The average Bonchev–Trinajstić information content (AvgIpc) is 3.34. The highest BCUT2D eigenvalue weighted by molar-refractivity contribution is 6.28. The minimum absolute atomic E-state index is 0.00964. The third kappa shape index (κ3) is 4.53. The van der Waals surface area contributed by atoms with Gasteiger partial charge in [0.15, 0.2) is 0 Å². The number of nitrogens with zero attached hydrogens (tertiary/aromatic N) is 3. The first kappa shape index (κ1) is 23.2. The molecule has 2 aromatic rings. The van der Waals surface area contributed by atoms with E-state index >= 15 is 0 Å². The van der Waals surface area contributed by atoms with Crippen LogP contribution in [0.5, 0.6) is 0 Å². The van der Waals surface area contributed by atoms with E-state index in [0.717, 1.165) is 43.4 Å². The molecule has 5 rings (SSSR count). The van der Waals surface area contributed by atoms with Crippen molar-refractivity contribution in [1.29, 1.82) is 0 Å². The van der Waals surface area contributed by atoms with Crippen molar-refractivity contribution in [2.45, 2.75) is 70.1 Å². The SMILES string of the molecule is C[C@@H](Nc1nc(Cl)nc2c1CN(C(=O)C1CC3CCC(C1)O3)C2)c1cc(N)cc(C(F)(F)F)c1. The summed E-state index contributed by atoms with van der Waals surface area (Å²) in [7, 11) is 0. The molecule has 3 aliphatic heterocycles. The maximum absolute atomic E-state index is 13.2. The lowest BCUT2D eigenvalue weighted by atomic mass is 9.94. The Morgan fingerprint density at radius 3 is 2.59 bits per heavy atom. The maximum atomic E-state index is 13.2. The maximum Gasteiger partial charge on any atom is 0.416 e. The number of rotatable bonds is 4. The molecule has 11 heteroatoms. The quantitative estimate of drug-likeness (QED) is 0.471. The lowest BCUT2D eigenvalue weighted by Gasteiger charge is -2.30. The topological polar surface area (TPSA) is 93.4 Å². The van der Waals surface area contributed by atoms with Gasteiger partial charge in [0.1, 0.15) is 5.82 Å². The van der Waals surface area contributed by atoms with Crippen LogP contribution in [0.25, 0.3) is 0 Å². The van der Waals surface area contributed by atoms with E-state index in [1.165, 1.54) is 6.07 Å². The molecule has 1 amide bonds. The summed E-state index contributed by atoms with van der Waals surface area (Å²) in [6.45, 7) is 2.35. The minimum Gasteiger partial charge on any atom is -0.399 e. The molecule has 0 radical (unpaired) electrons. The highest BCUT2D eigenvalue weighted by Crippen LogP contribution is 2.39. The summed E-state index contributed by atoms with van der Waals surface area (Å²) in [4.78, 5) is 23.6. The molecule has 7 nitrogen and oxygen atoms in total. The number of nitrogen functional groups attached to an aromatic ring is 1. The van der Waals surface area contributed by atoms with E-state index in [0.29, 0.717) is 30.2 Å². The predicted molar refractivity (Wildman–Crippen MR) is 120 cm³/mol. The summed E-state index contributed by atoms with van der Waals surface area (Å²) < 4.78 is 45.6. The number of hydrogen-bond acceptors (Lipinski definition) is 6. The van der Waals surface area contributed by atoms with Crippen LogP contribution >= 0.6 is 11.6 Å². The molecule has 4 heterocycles. The Balaban J connectivity index is 1.35. The summed E-state index contributed by atoms with van der Waals surface area (Å²) in [5.74, 6) is 0.396. The molecule has 2 unspecified atom stereocenters. The third-order valence-corrected chi connectivity index (χ3v) is 7.03. The van der Waals surface area contributed by atoms with Crippen molar-refractivity contribution in [2.75, 3.05) is 11.1 Å². The van der Waals surface area contributed by atoms with E-state index in [2.05, 4.69) is 15.3 Å². The number of carbonyl (C=O) groups is 1. The normalized spacial score (nSPS) is 24.7. The third-order valence-electron chi connectivity index (χ3n) is 6.86. The molecular formula is C23H25ClF3N5O2. The highest BCUT2D eigenvalue weighted by Gasteiger charge is 2.41. The van der Waals surface area contributed by atoms with Gasteiger partial charge in [-0.1, -0.05) is 0 Å². The molecule has 0 spiro atoms. The first-order valence-electron chi connectivity index (χ1n) is 11.3. The second-order valence-corrected chi connectivity index (χ2v) is 9.68. The number of ether oxygens (including phenoxy) is 1. The lowest BCUT2D eigenvalue weighted by molar-refractivity contribution is -0.142. The van der Waals surface area contributed by atoms with Crippen LogP contribution in [0.1, 0.15) is 61.0 Å². The summed E-state index contributed by atoms with van der Waals surface area (Å²) in [6, 6.07) is 2.91. The number of hydrogen-bond donors (Lipinski definition) is 2. The van der Waals surface area contributed by atoms with Crippen molar-refractivity contribution >= 4 is 29.0 Å². The molecule has 3 aliphatic rings. The van der Waals surface area contributed by atoms with E-state index in [1.807, 2.05) is 0 Å². The molecule has 2 saturated heterocycles. The van der Waals surface area contributed by atoms with Gasteiger partial charge in [0.2, 0.25) is 11.2 Å². The van der Waals surface area contributed by atoms with E-state index < -0.39 is 17.8 Å². The number of alkyl halides is 3. The van der Waals surface area contributed by atoms with Gasteiger partial charge in [-0.2, -0.15) is 13.2 Å². The molecule has 182 valence electrons. The van der Waals surface area contributed by atoms with Crippen molar-refractivity contribution < 1.29 is 22.7 Å². The number of carbonyl (C=O) groups excluding carboxylic acids is 1. The fraction of sp³-hybridized carbons (Fsp3) is 0.522. The molecule has 0 saturated carbocycles. The fourth-order valence-electron chi connectivity index (χ4n) is 5.20. The molecule has 2 bridgehead atoms. The first-order chi connectivity index (χ1) is 16.1. The Bertz CT molecular complexity index is 1120. The van der Waals surface area contributed by atoms with Crippen molar-refractivity contribution in [3.63, 3.8) is 0 Å². The Labute approximate surface area is 199 Å². The number of amides is 1. The Kier molecular flexibility index (Phi) is 5.84. The predicted octanol–water partition coefficient (Wildman–Crippen LogP) is 4.70. The van der Waals surface area contributed by atoms with Crippen LogP contribution in [0.2, 0.25) is 5.28 Å².